The molecule has 1 saturated heterocycles. The van der Waals surface area contributed by atoms with Crippen LogP contribution in [0.4, 0.5) is 0 Å². The van der Waals surface area contributed by atoms with Gasteiger partial charge in [0.1, 0.15) is 0 Å². The summed E-state index contributed by atoms with van der Waals surface area (Å²) >= 11 is 0. The van der Waals surface area contributed by atoms with Gasteiger partial charge in [0.15, 0.2) is 5.96 Å². The van der Waals surface area contributed by atoms with Crippen molar-refractivity contribution >= 4 is 11.9 Å². The largest absolute Gasteiger partial charge is 0.355 e. The lowest BCUT2D eigenvalue weighted by Gasteiger charge is -2.36. The van der Waals surface area contributed by atoms with Crippen LogP contribution in [0.15, 0.2) is 35.3 Å². The number of benzene rings is 1. The van der Waals surface area contributed by atoms with Crippen molar-refractivity contribution in [1.82, 2.24) is 20.4 Å². The molecule has 0 spiro atoms. The van der Waals surface area contributed by atoms with E-state index in [0.29, 0.717) is 0 Å². The number of nitrogens with zero attached hydrogens (tertiary/aromatic N) is 3. The molecule has 132 valence electrons. The summed E-state index contributed by atoms with van der Waals surface area (Å²) in [6, 6.07) is 10.6. The molecule has 0 bridgehead atoms. The molecule has 0 saturated carbocycles. The average Bonchev–Trinajstić information content (AvgIpc) is 2.62. The van der Waals surface area contributed by atoms with Gasteiger partial charge in [-0.05, 0) is 12.0 Å². The second-order valence-electron chi connectivity index (χ2n) is 6.00. The normalized spacial score (nSPS) is 16.1. The van der Waals surface area contributed by atoms with Crippen LogP contribution >= 0.6 is 0 Å². The van der Waals surface area contributed by atoms with Gasteiger partial charge in [0.2, 0.25) is 5.91 Å². The van der Waals surface area contributed by atoms with E-state index >= 15 is 0 Å². The van der Waals surface area contributed by atoms with Crippen molar-refractivity contribution in [3.05, 3.63) is 35.9 Å². The number of hydrogen-bond acceptors (Lipinski definition) is 3. The Morgan fingerprint density at radius 3 is 2.46 bits per heavy atom. The Labute approximate surface area is 144 Å². The van der Waals surface area contributed by atoms with Gasteiger partial charge in [0.05, 0.1) is 6.54 Å². The SMILES string of the molecule is CCCNC(=O)CNC(=NC)N1CCN(Cc2ccccc2)CC1. The molecule has 0 aromatic heterocycles. The molecule has 2 N–H and O–H groups in total. The molecule has 24 heavy (non-hydrogen) atoms. The maximum absolute atomic E-state index is 11.7. The molecular weight excluding hydrogens is 302 g/mol. The van der Waals surface area contributed by atoms with Gasteiger partial charge in [-0.2, -0.15) is 0 Å². The molecule has 6 nitrogen and oxygen atoms in total. The molecule has 6 heteroatoms. The van der Waals surface area contributed by atoms with Crippen LogP contribution in [0.1, 0.15) is 18.9 Å². The number of amides is 1. The Kier molecular flexibility index (Phi) is 7.55. The number of aliphatic imine (C=N–C) groups is 1. The monoisotopic (exact) mass is 331 g/mol. The minimum absolute atomic E-state index is 0.0145. The third-order valence-corrected chi connectivity index (χ3v) is 4.11. The fourth-order valence-electron chi connectivity index (χ4n) is 2.78. The first kappa shape index (κ1) is 18.3. The number of hydrogen-bond donors (Lipinski definition) is 2. The molecule has 1 amide bonds. The summed E-state index contributed by atoms with van der Waals surface area (Å²) in [4.78, 5) is 20.7. The van der Waals surface area contributed by atoms with Crippen molar-refractivity contribution in [3.63, 3.8) is 0 Å². The molecule has 0 unspecified atom stereocenters. The van der Waals surface area contributed by atoms with Gasteiger partial charge < -0.3 is 15.5 Å². The zero-order chi connectivity index (χ0) is 17.2. The van der Waals surface area contributed by atoms with Crippen molar-refractivity contribution < 1.29 is 4.79 Å². The quantitative estimate of drug-likeness (QED) is 0.601. The summed E-state index contributed by atoms with van der Waals surface area (Å²) in [7, 11) is 1.77. The molecular formula is C18H29N5O. The van der Waals surface area contributed by atoms with Gasteiger partial charge in [-0.3, -0.25) is 14.7 Å². The summed E-state index contributed by atoms with van der Waals surface area (Å²) in [5.74, 6) is 0.821. The Balaban J connectivity index is 1.74. The summed E-state index contributed by atoms with van der Waals surface area (Å²) < 4.78 is 0. The zero-order valence-electron chi connectivity index (χ0n) is 14.8. The number of nitrogens with one attached hydrogen (secondary N) is 2. The molecule has 1 fully saturated rings. The Morgan fingerprint density at radius 1 is 1.12 bits per heavy atom. The molecule has 1 heterocycles. The summed E-state index contributed by atoms with van der Waals surface area (Å²) in [5, 5.41) is 6.02. The van der Waals surface area contributed by atoms with Crippen molar-refractivity contribution in [3.8, 4) is 0 Å². The molecule has 0 atom stereocenters. The molecule has 1 aliphatic heterocycles. The van der Waals surface area contributed by atoms with Crippen LogP contribution in [0.2, 0.25) is 0 Å². The van der Waals surface area contributed by atoms with E-state index in [0.717, 1.165) is 51.6 Å². The lowest BCUT2D eigenvalue weighted by Crippen LogP contribution is -2.53. The maximum Gasteiger partial charge on any atom is 0.239 e. The van der Waals surface area contributed by atoms with Crippen LogP contribution < -0.4 is 10.6 Å². The Bertz CT molecular complexity index is 523. The fraction of sp³-hybridized carbons (Fsp3) is 0.556. The first-order valence-electron chi connectivity index (χ1n) is 8.71. The van der Waals surface area contributed by atoms with Crippen molar-refractivity contribution in [2.45, 2.75) is 19.9 Å². The van der Waals surface area contributed by atoms with Gasteiger partial charge in [-0.1, -0.05) is 37.3 Å². The van der Waals surface area contributed by atoms with Gasteiger partial charge in [-0.25, -0.2) is 0 Å². The summed E-state index contributed by atoms with van der Waals surface area (Å²) in [6.07, 6.45) is 0.948. The third-order valence-electron chi connectivity index (χ3n) is 4.11. The van der Waals surface area contributed by atoms with Crippen LogP contribution in [0.3, 0.4) is 0 Å². The predicted molar refractivity (Wildman–Crippen MR) is 98.0 cm³/mol. The molecule has 2 rings (SSSR count). The number of guanidine groups is 1. The minimum Gasteiger partial charge on any atom is -0.355 e. The van der Waals surface area contributed by atoms with E-state index in [9.17, 15) is 4.79 Å². The van der Waals surface area contributed by atoms with Crippen molar-refractivity contribution in [1.29, 1.82) is 0 Å². The van der Waals surface area contributed by atoms with E-state index in [2.05, 4.69) is 49.7 Å². The van der Waals surface area contributed by atoms with E-state index in [4.69, 9.17) is 0 Å². The van der Waals surface area contributed by atoms with Gasteiger partial charge in [0.25, 0.3) is 0 Å². The highest BCUT2D eigenvalue weighted by Crippen LogP contribution is 2.08. The van der Waals surface area contributed by atoms with Crippen molar-refractivity contribution in [2.24, 2.45) is 4.99 Å². The van der Waals surface area contributed by atoms with Crippen molar-refractivity contribution in [2.75, 3.05) is 46.3 Å². The third kappa shape index (κ3) is 5.85. The lowest BCUT2D eigenvalue weighted by atomic mass is 10.2. The number of carbonyl (C=O) groups excluding carboxylic acids is 1. The Hall–Kier alpha value is -2.08. The highest BCUT2D eigenvalue weighted by atomic mass is 16.1. The first-order chi connectivity index (χ1) is 11.7. The Morgan fingerprint density at radius 2 is 1.83 bits per heavy atom. The molecule has 1 aromatic carbocycles. The van der Waals surface area contributed by atoms with Gasteiger partial charge in [-0.15, -0.1) is 0 Å². The standard InChI is InChI=1S/C18H29N5O/c1-3-9-20-17(24)14-21-18(19-2)23-12-10-22(11-13-23)15-16-7-5-4-6-8-16/h4-8H,3,9-15H2,1-2H3,(H,19,21)(H,20,24). The van der Waals surface area contributed by atoms with Crippen LogP contribution in [0, 0.1) is 0 Å². The van der Waals surface area contributed by atoms with Crippen LogP contribution in [0.5, 0.6) is 0 Å². The predicted octanol–water partition coefficient (Wildman–Crippen LogP) is 0.906. The maximum atomic E-state index is 11.7. The number of rotatable bonds is 6. The van der Waals surface area contributed by atoms with E-state index < -0.39 is 0 Å². The zero-order valence-corrected chi connectivity index (χ0v) is 14.8. The average molecular weight is 331 g/mol. The molecule has 1 aliphatic rings. The van der Waals surface area contributed by atoms with Crippen LogP contribution in [0.25, 0.3) is 0 Å². The van der Waals surface area contributed by atoms with Gasteiger partial charge in [0, 0.05) is 46.3 Å². The number of piperazine rings is 1. The highest BCUT2D eigenvalue weighted by Gasteiger charge is 2.19. The topological polar surface area (TPSA) is 60.0 Å². The van der Waals surface area contributed by atoms with E-state index in [1.165, 1.54) is 5.56 Å². The molecule has 0 aliphatic carbocycles. The fourth-order valence-corrected chi connectivity index (χ4v) is 2.78. The smallest absolute Gasteiger partial charge is 0.239 e. The van der Waals surface area contributed by atoms with E-state index in [-0.39, 0.29) is 12.5 Å². The molecule has 1 aromatic rings. The summed E-state index contributed by atoms with van der Waals surface area (Å²) in [5.41, 5.74) is 1.35. The highest BCUT2D eigenvalue weighted by molar-refractivity contribution is 5.86. The van der Waals surface area contributed by atoms with Gasteiger partial charge >= 0.3 is 0 Å². The van der Waals surface area contributed by atoms with E-state index in [1.54, 1.807) is 7.05 Å². The van der Waals surface area contributed by atoms with Crippen LogP contribution in [-0.2, 0) is 11.3 Å². The van der Waals surface area contributed by atoms with Crippen LogP contribution in [-0.4, -0.2) is 68.0 Å². The summed E-state index contributed by atoms with van der Waals surface area (Å²) in [6.45, 7) is 7.86. The van der Waals surface area contributed by atoms with E-state index in [1.807, 2.05) is 13.0 Å². The second kappa shape index (κ2) is 9.93. The minimum atomic E-state index is 0.0145. The second-order valence-corrected chi connectivity index (χ2v) is 6.00. The lowest BCUT2D eigenvalue weighted by molar-refractivity contribution is -0.120. The molecule has 0 radical (unpaired) electrons. The first-order valence-corrected chi connectivity index (χ1v) is 8.71. The number of carbonyl (C=O) groups is 1.